The average molecular weight is 266 g/mol. The number of ether oxygens (including phenoxy) is 1. The summed E-state index contributed by atoms with van der Waals surface area (Å²) < 4.78 is 5.24. The summed E-state index contributed by atoms with van der Waals surface area (Å²) in [6.45, 7) is 5.32. The highest BCUT2D eigenvalue weighted by Crippen LogP contribution is 2.26. The summed E-state index contributed by atoms with van der Waals surface area (Å²) in [6, 6.07) is 1.42. The van der Waals surface area contributed by atoms with Gasteiger partial charge in [0.25, 0.3) is 0 Å². The molecular formula is C12H22N6O. The molecule has 1 heterocycles. The van der Waals surface area contributed by atoms with Gasteiger partial charge in [-0.1, -0.05) is 0 Å². The van der Waals surface area contributed by atoms with E-state index in [1.54, 1.807) is 0 Å². The highest BCUT2D eigenvalue weighted by molar-refractivity contribution is 5.32. The van der Waals surface area contributed by atoms with Gasteiger partial charge in [-0.25, -0.2) is 0 Å². The summed E-state index contributed by atoms with van der Waals surface area (Å²) in [5, 5.41) is 3.18. The topological polar surface area (TPSA) is 89.2 Å². The second-order valence-electron chi connectivity index (χ2n) is 4.86. The van der Waals surface area contributed by atoms with Gasteiger partial charge < -0.3 is 15.8 Å². The van der Waals surface area contributed by atoms with E-state index in [9.17, 15) is 0 Å². The average Bonchev–Trinajstić information content (AvgIpc) is 3.19. The van der Waals surface area contributed by atoms with E-state index in [1.165, 1.54) is 12.8 Å². The second kappa shape index (κ2) is 6.01. The lowest BCUT2D eigenvalue weighted by Gasteiger charge is -2.24. The Morgan fingerprint density at radius 1 is 1.42 bits per heavy atom. The van der Waals surface area contributed by atoms with Crippen molar-refractivity contribution in [2.24, 2.45) is 0 Å². The van der Waals surface area contributed by atoms with Gasteiger partial charge in [0.1, 0.15) is 0 Å². The molecule has 7 heteroatoms. The van der Waals surface area contributed by atoms with Crippen LogP contribution in [0.15, 0.2) is 0 Å². The van der Waals surface area contributed by atoms with E-state index in [2.05, 4.69) is 39.1 Å². The molecule has 19 heavy (non-hydrogen) atoms. The molecule has 1 aromatic heterocycles. The minimum Gasteiger partial charge on any atom is -0.464 e. The fourth-order valence-corrected chi connectivity index (χ4v) is 1.87. The quantitative estimate of drug-likeness (QED) is 0.752. The van der Waals surface area contributed by atoms with E-state index in [0.717, 1.165) is 12.6 Å². The minimum absolute atomic E-state index is 0.171. The van der Waals surface area contributed by atoms with Gasteiger partial charge in [0, 0.05) is 18.6 Å². The van der Waals surface area contributed by atoms with Crippen LogP contribution >= 0.6 is 0 Å². The lowest BCUT2D eigenvalue weighted by Crippen LogP contribution is -2.36. The summed E-state index contributed by atoms with van der Waals surface area (Å²) >= 11 is 0. The first kappa shape index (κ1) is 13.8. The molecule has 0 aromatic carbocycles. The monoisotopic (exact) mass is 266 g/mol. The SMILES string of the molecule is CCOc1nc(N)nc(NCC(C)N(C)C2CC2)n1. The third kappa shape index (κ3) is 3.92. The summed E-state index contributed by atoms with van der Waals surface area (Å²) in [5.74, 6) is 0.635. The minimum atomic E-state index is 0.171. The maximum atomic E-state index is 5.62. The molecule has 7 nitrogen and oxygen atoms in total. The van der Waals surface area contributed by atoms with E-state index in [1.807, 2.05) is 6.92 Å². The van der Waals surface area contributed by atoms with E-state index < -0.39 is 0 Å². The summed E-state index contributed by atoms with van der Waals surface area (Å²) in [4.78, 5) is 14.5. The Hall–Kier alpha value is -1.63. The molecule has 0 amide bonds. The fourth-order valence-electron chi connectivity index (χ4n) is 1.87. The first-order valence-electron chi connectivity index (χ1n) is 6.70. The van der Waals surface area contributed by atoms with Crippen LogP contribution in [0.4, 0.5) is 11.9 Å². The van der Waals surface area contributed by atoms with Gasteiger partial charge in [0.05, 0.1) is 6.61 Å². The van der Waals surface area contributed by atoms with Crippen LogP contribution < -0.4 is 15.8 Å². The molecule has 2 rings (SSSR count). The molecule has 1 saturated carbocycles. The summed E-state index contributed by atoms with van der Waals surface area (Å²) in [5.41, 5.74) is 5.62. The van der Waals surface area contributed by atoms with Crippen molar-refractivity contribution in [2.75, 3.05) is 31.2 Å². The molecule has 3 N–H and O–H groups in total. The van der Waals surface area contributed by atoms with Gasteiger partial charge >= 0.3 is 6.01 Å². The third-order valence-corrected chi connectivity index (χ3v) is 3.28. The van der Waals surface area contributed by atoms with E-state index in [4.69, 9.17) is 10.5 Å². The molecule has 0 aliphatic heterocycles. The van der Waals surface area contributed by atoms with E-state index >= 15 is 0 Å². The van der Waals surface area contributed by atoms with Crippen molar-refractivity contribution in [3.05, 3.63) is 0 Å². The Bertz CT molecular complexity index is 423. The van der Waals surface area contributed by atoms with Crippen LogP contribution in [-0.4, -0.2) is 52.1 Å². The van der Waals surface area contributed by atoms with Crippen molar-refractivity contribution in [1.29, 1.82) is 0 Å². The molecule has 0 spiro atoms. The molecule has 1 fully saturated rings. The third-order valence-electron chi connectivity index (χ3n) is 3.28. The van der Waals surface area contributed by atoms with Crippen LogP contribution in [0.25, 0.3) is 0 Å². The Balaban J connectivity index is 1.90. The van der Waals surface area contributed by atoms with Crippen LogP contribution in [0.3, 0.4) is 0 Å². The summed E-state index contributed by atoms with van der Waals surface area (Å²) in [6.07, 6.45) is 2.60. The van der Waals surface area contributed by atoms with Gasteiger partial charge in [-0.2, -0.15) is 15.0 Å². The molecule has 1 unspecified atom stereocenters. The fraction of sp³-hybridized carbons (Fsp3) is 0.750. The number of nitrogen functional groups attached to an aromatic ring is 1. The Kier molecular flexibility index (Phi) is 4.36. The molecule has 106 valence electrons. The van der Waals surface area contributed by atoms with Gasteiger partial charge in [-0.3, -0.25) is 4.90 Å². The standard InChI is InChI=1S/C12H22N6O/c1-4-19-12-16-10(13)15-11(17-12)14-7-8(2)18(3)9-5-6-9/h8-9H,4-7H2,1-3H3,(H3,13,14,15,16,17). The van der Waals surface area contributed by atoms with Crippen molar-refractivity contribution in [3.63, 3.8) is 0 Å². The number of aromatic nitrogens is 3. The normalized spacial score (nSPS) is 16.4. The number of nitrogens with zero attached hydrogens (tertiary/aromatic N) is 4. The van der Waals surface area contributed by atoms with Crippen LogP contribution in [0.1, 0.15) is 26.7 Å². The molecule has 1 aromatic rings. The zero-order valence-corrected chi connectivity index (χ0v) is 11.8. The molecular weight excluding hydrogens is 244 g/mol. The number of nitrogens with two attached hydrogens (primary N) is 1. The van der Waals surface area contributed by atoms with Crippen LogP contribution in [0, 0.1) is 0 Å². The molecule has 1 aliphatic rings. The maximum absolute atomic E-state index is 5.62. The number of likely N-dealkylation sites (N-methyl/N-ethyl adjacent to an activating group) is 1. The van der Waals surface area contributed by atoms with Crippen molar-refractivity contribution in [2.45, 2.75) is 38.8 Å². The Morgan fingerprint density at radius 2 is 2.16 bits per heavy atom. The first-order chi connectivity index (χ1) is 9.10. The predicted molar refractivity (Wildman–Crippen MR) is 74.1 cm³/mol. The predicted octanol–water partition coefficient (Wildman–Crippen LogP) is 0.747. The number of rotatable bonds is 7. The van der Waals surface area contributed by atoms with Gasteiger partial charge in [-0.15, -0.1) is 0 Å². The number of hydrogen-bond acceptors (Lipinski definition) is 7. The van der Waals surface area contributed by atoms with Crippen molar-refractivity contribution in [1.82, 2.24) is 19.9 Å². The zero-order valence-electron chi connectivity index (χ0n) is 11.8. The van der Waals surface area contributed by atoms with Crippen molar-refractivity contribution in [3.8, 4) is 6.01 Å². The van der Waals surface area contributed by atoms with Gasteiger partial charge in [0.15, 0.2) is 0 Å². The lowest BCUT2D eigenvalue weighted by molar-refractivity contribution is 0.257. The Morgan fingerprint density at radius 3 is 2.79 bits per heavy atom. The van der Waals surface area contributed by atoms with Gasteiger partial charge in [-0.05, 0) is 33.7 Å². The number of anilines is 2. The van der Waals surface area contributed by atoms with E-state index in [-0.39, 0.29) is 12.0 Å². The molecule has 0 bridgehead atoms. The molecule has 1 atom stereocenters. The summed E-state index contributed by atoms with van der Waals surface area (Å²) in [7, 11) is 2.15. The number of hydrogen-bond donors (Lipinski definition) is 2. The molecule has 0 radical (unpaired) electrons. The Labute approximate surface area is 113 Å². The van der Waals surface area contributed by atoms with Crippen LogP contribution in [-0.2, 0) is 0 Å². The first-order valence-corrected chi connectivity index (χ1v) is 6.70. The largest absolute Gasteiger partial charge is 0.464 e. The smallest absolute Gasteiger partial charge is 0.323 e. The van der Waals surface area contributed by atoms with Crippen LogP contribution in [0.2, 0.25) is 0 Å². The van der Waals surface area contributed by atoms with Crippen molar-refractivity contribution < 1.29 is 4.74 Å². The highest BCUT2D eigenvalue weighted by atomic mass is 16.5. The van der Waals surface area contributed by atoms with E-state index in [0.29, 0.717) is 18.6 Å². The zero-order chi connectivity index (χ0) is 13.8. The number of nitrogens with one attached hydrogen (secondary N) is 1. The van der Waals surface area contributed by atoms with Crippen LogP contribution in [0.5, 0.6) is 6.01 Å². The van der Waals surface area contributed by atoms with Gasteiger partial charge in [0.2, 0.25) is 11.9 Å². The molecule has 1 aliphatic carbocycles. The maximum Gasteiger partial charge on any atom is 0.323 e. The lowest BCUT2D eigenvalue weighted by atomic mass is 10.3. The molecule has 0 saturated heterocycles. The second-order valence-corrected chi connectivity index (χ2v) is 4.86. The highest BCUT2D eigenvalue weighted by Gasteiger charge is 2.28. The van der Waals surface area contributed by atoms with Crippen molar-refractivity contribution >= 4 is 11.9 Å².